The van der Waals surface area contributed by atoms with Crippen LogP contribution < -0.4 is 4.90 Å². The van der Waals surface area contributed by atoms with Crippen molar-refractivity contribution >= 4 is 11.6 Å². The van der Waals surface area contributed by atoms with Crippen LogP contribution >= 0.6 is 0 Å². The molecular weight excluding hydrogens is 379 g/mol. The summed E-state index contributed by atoms with van der Waals surface area (Å²) in [4.78, 5) is 19.4. The number of hydrogen-bond donors (Lipinski definition) is 0. The molecule has 1 amide bonds. The molecule has 2 aliphatic rings. The van der Waals surface area contributed by atoms with E-state index in [2.05, 4.69) is 11.1 Å². The zero-order valence-electron chi connectivity index (χ0n) is 16.7. The maximum Gasteiger partial charge on any atom is 0.233 e. The maximum absolute atomic E-state index is 13.4. The highest BCUT2D eigenvalue weighted by Gasteiger charge is 2.45. The SMILES string of the molecule is O=C(Cc1ccccn1)N1CC2(CCOCC2)c2cc(-c3ccc(F)cc3)ccc21. The van der Waals surface area contributed by atoms with Gasteiger partial charge >= 0.3 is 0 Å². The van der Waals surface area contributed by atoms with Crippen molar-refractivity contribution in [2.45, 2.75) is 24.7 Å². The van der Waals surface area contributed by atoms with Crippen molar-refractivity contribution in [1.29, 1.82) is 0 Å². The summed E-state index contributed by atoms with van der Waals surface area (Å²) >= 11 is 0. The third-order valence-electron chi connectivity index (χ3n) is 6.31. The summed E-state index contributed by atoms with van der Waals surface area (Å²) in [6, 6.07) is 18.4. The van der Waals surface area contributed by atoms with E-state index in [1.807, 2.05) is 35.2 Å². The van der Waals surface area contributed by atoms with E-state index in [-0.39, 0.29) is 23.6 Å². The summed E-state index contributed by atoms with van der Waals surface area (Å²) in [5, 5.41) is 0. The van der Waals surface area contributed by atoms with Gasteiger partial charge in [-0.25, -0.2) is 4.39 Å². The quantitative estimate of drug-likeness (QED) is 0.647. The Morgan fingerprint density at radius 3 is 2.53 bits per heavy atom. The molecule has 1 spiro atoms. The van der Waals surface area contributed by atoms with Crippen molar-refractivity contribution in [1.82, 2.24) is 4.98 Å². The largest absolute Gasteiger partial charge is 0.381 e. The highest BCUT2D eigenvalue weighted by molar-refractivity contribution is 5.98. The zero-order chi connectivity index (χ0) is 20.6. The Hall–Kier alpha value is -3.05. The lowest BCUT2D eigenvalue weighted by Gasteiger charge is -2.34. The van der Waals surface area contributed by atoms with E-state index in [9.17, 15) is 9.18 Å². The molecule has 2 aromatic carbocycles. The van der Waals surface area contributed by atoms with Crippen LogP contribution in [0.2, 0.25) is 0 Å². The van der Waals surface area contributed by atoms with Crippen LogP contribution in [0.5, 0.6) is 0 Å². The highest BCUT2D eigenvalue weighted by Crippen LogP contribution is 2.48. The van der Waals surface area contributed by atoms with E-state index in [4.69, 9.17) is 4.74 Å². The number of nitrogens with zero attached hydrogens (tertiary/aromatic N) is 2. The van der Waals surface area contributed by atoms with E-state index < -0.39 is 0 Å². The van der Waals surface area contributed by atoms with Crippen LogP contribution in [0.25, 0.3) is 11.1 Å². The zero-order valence-corrected chi connectivity index (χ0v) is 16.7. The summed E-state index contributed by atoms with van der Waals surface area (Å²) in [7, 11) is 0. The van der Waals surface area contributed by atoms with Gasteiger partial charge in [0.1, 0.15) is 5.82 Å². The van der Waals surface area contributed by atoms with Crippen LogP contribution in [-0.2, 0) is 21.4 Å². The molecule has 152 valence electrons. The lowest BCUT2D eigenvalue weighted by Crippen LogP contribution is -2.41. The molecule has 1 fully saturated rings. The molecule has 0 N–H and O–H groups in total. The van der Waals surface area contributed by atoms with Gasteiger partial charge in [0, 0.05) is 42.8 Å². The topological polar surface area (TPSA) is 42.4 Å². The first-order valence-electron chi connectivity index (χ1n) is 10.3. The molecule has 30 heavy (non-hydrogen) atoms. The van der Waals surface area contributed by atoms with Gasteiger partial charge in [0.2, 0.25) is 5.91 Å². The van der Waals surface area contributed by atoms with Crippen molar-refractivity contribution in [3.63, 3.8) is 0 Å². The number of benzene rings is 2. The van der Waals surface area contributed by atoms with E-state index >= 15 is 0 Å². The van der Waals surface area contributed by atoms with Crippen molar-refractivity contribution in [3.05, 3.63) is 83.9 Å². The van der Waals surface area contributed by atoms with Gasteiger partial charge in [-0.2, -0.15) is 0 Å². The summed E-state index contributed by atoms with van der Waals surface area (Å²) in [5.74, 6) is -0.181. The Morgan fingerprint density at radius 2 is 1.80 bits per heavy atom. The normalized spacial score (nSPS) is 17.2. The van der Waals surface area contributed by atoms with Crippen LogP contribution in [0, 0.1) is 5.82 Å². The number of fused-ring (bicyclic) bond motifs is 2. The number of amides is 1. The molecule has 5 rings (SSSR count). The van der Waals surface area contributed by atoms with Gasteiger partial charge in [-0.15, -0.1) is 0 Å². The molecule has 4 nitrogen and oxygen atoms in total. The number of carbonyl (C=O) groups is 1. The van der Waals surface area contributed by atoms with Gasteiger partial charge in [-0.1, -0.05) is 24.3 Å². The second-order valence-electron chi connectivity index (χ2n) is 8.11. The van der Waals surface area contributed by atoms with Gasteiger partial charge < -0.3 is 9.64 Å². The van der Waals surface area contributed by atoms with Crippen molar-refractivity contribution < 1.29 is 13.9 Å². The van der Waals surface area contributed by atoms with Gasteiger partial charge in [-0.3, -0.25) is 9.78 Å². The molecule has 0 unspecified atom stereocenters. The molecule has 0 atom stereocenters. The lowest BCUT2D eigenvalue weighted by atomic mass is 9.75. The number of ether oxygens (including phenoxy) is 1. The molecule has 1 aromatic heterocycles. The summed E-state index contributed by atoms with van der Waals surface area (Å²) < 4.78 is 19.0. The highest BCUT2D eigenvalue weighted by atomic mass is 19.1. The molecule has 0 saturated carbocycles. The lowest BCUT2D eigenvalue weighted by molar-refractivity contribution is -0.118. The number of rotatable bonds is 3. The monoisotopic (exact) mass is 402 g/mol. The fourth-order valence-electron chi connectivity index (χ4n) is 4.66. The molecule has 3 heterocycles. The molecule has 2 aliphatic heterocycles. The minimum Gasteiger partial charge on any atom is -0.381 e. The van der Waals surface area contributed by atoms with Crippen LogP contribution in [0.4, 0.5) is 10.1 Å². The van der Waals surface area contributed by atoms with Gasteiger partial charge in [0.05, 0.1) is 6.42 Å². The summed E-state index contributed by atoms with van der Waals surface area (Å²) in [6.07, 6.45) is 3.78. The smallest absolute Gasteiger partial charge is 0.233 e. The predicted molar refractivity (Wildman–Crippen MR) is 114 cm³/mol. The number of anilines is 1. The second-order valence-corrected chi connectivity index (χ2v) is 8.11. The average Bonchev–Trinajstić information content (AvgIpc) is 3.09. The first-order valence-corrected chi connectivity index (χ1v) is 10.3. The Kier molecular flexibility index (Phi) is 4.83. The van der Waals surface area contributed by atoms with Crippen molar-refractivity contribution in [3.8, 4) is 11.1 Å². The van der Waals surface area contributed by atoms with E-state index in [1.54, 1.807) is 18.3 Å². The molecule has 0 bridgehead atoms. The summed E-state index contributed by atoms with van der Waals surface area (Å²) in [6.45, 7) is 2.06. The average molecular weight is 402 g/mol. The minimum atomic E-state index is -0.243. The second kappa shape index (κ2) is 7.65. The Balaban J connectivity index is 1.52. The van der Waals surface area contributed by atoms with E-state index in [0.717, 1.165) is 35.3 Å². The van der Waals surface area contributed by atoms with Crippen molar-refractivity contribution in [2.75, 3.05) is 24.7 Å². The number of halogens is 1. The Labute approximate surface area is 175 Å². The fourth-order valence-corrected chi connectivity index (χ4v) is 4.66. The fraction of sp³-hybridized carbons (Fsp3) is 0.280. The molecular formula is C25H23FN2O2. The van der Waals surface area contributed by atoms with E-state index in [1.165, 1.54) is 17.7 Å². The number of hydrogen-bond acceptors (Lipinski definition) is 3. The molecule has 0 radical (unpaired) electrons. The number of aromatic nitrogens is 1. The van der Waals surface area contributed by atoms with Gasteiger partial charge in [0.25, 0.3) is 0 Å². The van der Waals surface area contributed by atoms with Crippen molar-refractivity contribution in [2.24, 2.45) is 0 Å². The van der Waals surface area contributed by atoms with Crippen LogP contribution in [0.1, 0.15) is 24.1 Å². The first kappa shape index (κ1) is 18.9. The van der Waals surface area contributed by atoms with Crippen LogP contribution in [0.15, 0.2) is 66.9 Å². The minimum absolute atomic E-state index is 0.0628. The Morgan fingerprint density at radius 1 is 1.03 bits per heavy atom. The van der Waals surface area contributed by atoms with E-state index in [0.29, 0.717) is 19.8 Å². The van der Waals surface area contributed by atoms with Crippen LogP contribution in [-0.4, -0.2) is 30.6 Å². The molecule has 1 saturated heterocycles. The van der Waals surface area contributed by atoms with Crippen LogP contribution in [0.3, 0.4) is 0 Å². The standard InChI is InChI=1S/C25H23FN2O2/c26-20-7-4-18(5-8-20)19-6-9-23-22(15-19)25(10-13-30-14-11-25)17-28(23)24(29)16-21-3-1-2-12-27-21/h1-9,12,15H,10-11,13-14,16-17H2. The third kappa shape index (κ3) is 3.39. The predicted octanol–water partition coefficient (Wildman–Crippen LogP) is 4.53. The van der Waals surface area contributed by atoms with Gasteiger partial charge in [-0.05, 0) is 65.9 Å². The molecule has 5 heteroatoms. The van der Waals surface area contributed by atoms with Gasteiger partial charge in [0.15, 0.2) is 0 Å². The Bertz CT molecular complexity index is 1060. The molecule has 3 aromatic rings. The number of carbonyl (C=O) groups excluding carboxylic acids is 1. The maximum atomic E-state index is 13.4. The first-order chi connectivity index (χ1) is 14.6. The third-order valence-corrected chi connectivity index (χ3v) is 6.31. The molecule has 0 aliphatic carbocycles. The summed E-state index contributed by atoms with van der Waals surface area (Å²) in [5.41, 5.74) is 4.87. The number of pyridine rings is 1.